The van der Waals surface area contributed by atoms with Crippen molar-refractivity contribution in [3.63, 3.8) is 0 Å². The summed E-state index contributed by atoms with van der Waals surface area (Å²) in [5, 5.41) is 0. The van der Waals surface area contributed by atoms with Crippen molar-refractivity contribution in [2.75, 3.05) is 13.7 Å². The Balaban J connectivity index is 2.38. The van der Waals surface area contributed by atoms with Crippen LogP contribution in [0.2, 0.25) is 0 Å². The van der Waals surface area contributed by atoms with E-state index < -0.39 is 41.0 Å². The summed E-state index contributed by atoms with van der Waals surface area (Å²) in [5.74, 6) is -6.04. The van der Waals surface area contributed by atoms with Crippen molar-refractivity contribution in [3.8, 4) is 5.75 Å². The molecule has 0 aromatic heterocycles. The number of benzene rings is 2. The van der Waals surface area contributed by atoms with Crippen LogP contribution in [0.1, 0.15) is 34.3 Å². The molecule has 0 radical (unpaired) electrons. The van der Waals surface area contributed by atoms with Crippen LogP contribution in [0.5, 0.6) is 5.75 Å². The van der Waals surface area contributed by atoms with Crippen LogP contribution in [0.25, 0.3) is 6.08 Å². The van der Waals surface area contributed by atoms with Gasteiger partial charge in [-0.1, -0.05) is 18.2 Å². The Bertz CT molecular complexity index is 902. The topological polar surface area (TPSA) is 35.5 Å². The van der Waals surface area contributed by atoms with Crippen LogP contribution in [0, 0.1) is 11.6 Å². The Morgan fingerprint density at radius 3 is 2.28 bits per heavy atom. The average molecular weight is 479 g/mol. The van der Waals surface area contributed by atoms with Crippen molar-refractivity contribution in [1.82, 2.24) is 0 Å². The number of halogens is 6. The van der Waals surface area contributed by atoms with Crippen LogP contribution >= 0.6 is 15.9 Å². The first-order valence-electron chi connectivity index (χ1n) is 8.33. The molecule has 0 heterocycles. The van der Waals surface area contributed by atoms with Gasteiger partial charge in [0.25, 0.3) is 0 Å². The van der Waals surface area contributed by atoms with Crippen molar-refractivity contribution in [3.05, 3.63) is 69.2 Å². The van der Waals surface area contributed by atoms with Gasteiger partial charge in [0.15, 0.2) is 17.4 Å². The number of carbonyl (C=O) groups is 1. The fourth-order valence-corrected chi connectivity index (χ4v) is 3.14. The monoisotopic (exact) mass is 478 g/mol. The van der Waals surface area contributed by atoms with Gasteiger partial charge in [-0.15, -0.1) is 0 Å². The second-order valence-corrected chi connectivity index (χ2v) is 6.71. The van der Waals surface area contributed by atoms with Gasteiger partial charge >= 0.3 is 12.1 Å². The van der Waals surface area contributed by atoms with E-state index in [0.717, 1.165) is 19.3 Å². The lowest BCUT2D eigenvalue weighted by atomic mass is 9.96. The summed E-state index contributed by atoms with van der Waals surface area (Å²) in [6, 6.07) is 5.44. The summed E-state index contributed by atoms with van der Waals surface area (Å²) in [7, 11) is 1.01. The molecule has 3 nitrogen and oxygen atoms in total. The molecule has 29 heavy (non-hydrogen) atoms. The molecule has 2 aromatic carbocycles. The largest absolute Gasteiger partial charge is 0.491 e. The fraction of sp³-hybridized carbons (Fsp3) is 0.250. The molecular weight excluding hydrogens is 463 g/mol. The number of hydrogen-bond acceptors (Lipinski definition) is 3. The van der Waals surface area contributed by atoms with E-state index in [-0.39, 0.29) is 12.2 Å². The minimum Gasteiger partial charge on any atom is -0.491 e. The molecule has 0 N–H and O–H groups in total. The third-order valence-electron chi connectivity index (χ3n) is 3.91. The van der Waals surface area contributed by atoms with E-state index >= 15 is 0 Å². The van der Waals surface area contributed by atoms with E-state index in [4.69, 9.17) is 4.74 Å². The van der Waals surface area contributed by atoms with E-state index in [1.54, 1.807) is 6.92 Å². The normalized spacial score (nSPS) is 12.8. The molecule has 0 aliphatic rings. The van der Waals surface area contributed by atoms with Gasteiger partial charge in [0, 0.05) is 4.47 Å². The molecule has 0 spiro atoms. The number of carbonyl (C=O) groups excluding carboxylic acids is 1. The number of rotatable bonds is 6. The van der Waals surface area contributed by atoms with E-state index in [0.29, 0.717) is 22.2 Å². The van der Waals surface area contributed by atoms with Crippen LogP contribution in [-0.4, -0.2) is 25.9 Å². The summed E-state index contributed by atoms with van der Waals surface area (Å²) < 4.78 is 77.9. The second-order valence-electron chi connectivity index (χ2n) is 5.86. The highest BCUT2D eigenvalue weighted by Gasteiger charge is 2.39. The standard InChI is InChI=1S/C20H16BrF5O3/c1-3-29-19(27)13-6-4-11(8-15(13)21)5-7-14(20(24,25)26)12-9-16(22)18(28-2)17(23)10-12/h4-10,14H,3H2,1-2H3/b7-5+. The number of methoxy groups -OCH3 is 1. The molecule has 0 bridgehead atoms. The van der Waals surface area contributed by atoms with Gasteiger partial charge in [-0.05, 0) is 58.2 Å². The third kappa shape index (κ3) is 5.56. The van der Waals surface area contributed by atoms with E-state index in [2.05, 4.69) is 20.7 Å². The predicted octanol–water partition coefficient (Wildman–Crippen LogP) is 6.27. The van der Waals surface area contributed by atoms with Gasteiger partial charge in [0.05, 0.1) is 25.2 Å². The lowest BCUT2D eigenvalue weighted by Gasteiger charge is -2.18. The summed E-state index contributed by atoms with van der Waals surface area (Å²) in [6.45, 7) is 1.82. The fourth-order valence-electron chi connectivity index (χ4n) is 2.58. The molecule has 2 rings (SSSR count). The third-order valence-corrected chi connectivity index (χ3v) is 4.56. The zero-order valence-electron chi connectivity index (χ0n) is 15.3. The predicted molar refractivity (Wildman–Crippen MR) is 101 cm³/mol. The number of esters is 1. The molecule has 0 aliphatic heterocycles. The summed E-state index contributed by atoms with van der Waals surface area (Å²) >= 11 is 3.17. The second kappa shape index (κ2) is 9.39. The van der Waals surface area contributed by atoms with Crippen LogP contribution in [0.4, 0.5) is 22.0 Å². The number of alkyl halides is 3. The zero-order valence-corrected chi connectivity index (χ0v) is 16.9. The molecule has 0 saturated heterocycles. The van der Waals surface area contributed by atoms with Crippen molar-refractivity contribution in [1.29, 1.82) is 0 Å². The van der Waals surface area contributed by atoms with Gasteiger partial charge in [0.2, 0.25) is 0 Å². The maximum atomic E-state index is 13.9. The Morgan fingerprint density at radius 2 is 1.79 bits per heavy atom. The highest BCUT2D eigenvalue weighted by Crippen LogP contribution is 2.38. The summed E-state index contributed by atoms with van der Waals surface area (Å²) in [4.78, 5) is 11.8. The first-order valence-corrected chi connectivity index (χ1v) is 9.12. The molecule has 1 atom stereocenters. The first kappa shape index (κ1) is 22.9. The molecule has 1 unspecified atom stereocenters. The zero-order chi connectivity index (χ0) is 21.8. The van der Waals surface area contributed by atoms with Crippen LogP contribution < -0.4 is 4.74 Å². The van der Waals surface area contributed by atoms with Crippen LogP contribution in [0.3, 0.4) is 0 Å². The molecular formula is C20H16BrF5O3. The minimum atomic E-state index is -4.79. The van der Waals surface area contributed by atoms with Crippen molar-refractivity contribution < 1.29 is 36.2 Å². The van der Waals surface area contributed by atoms with Crippen molar-refractivity contribution in [2.24, 2.45) is 0 Å². The van der Waals surface area contributed by atoms with E-state index in [9.17, 15) is 26.7 Å². The van der Waals surface area contributed by atoms with E-state index in [1.165, 1.54) is 18.2 Å². The molecule has 9 heteroatoms. The Hall–Kier alpha value is -2.42. The lowest BCUT2D eigenvalue weighted by molar-refractivity contribution is -0.139. The molecule has 0 fully saturated rings. The summed E-state index contributed by atoms with van der Waals surface area (Å²) in [6.07, 6.45) is -2.85. The van der Waals surface area contributed by atoms with Crippen LogP contribution in [-0.2, 0) is 4.74 Å². The Kier molecular flexibility index (Phi) is 7.40. The maximum absolute atomic E-state index is 13.9. The van der Waals surface area contributed by atoms with Gasteiger partial charge in [-0.2, -0.15) is 13.2 Å². The molecule has 0 saturated carbocycles. The highest BCUT2D eigenvalue weighted by molar-refractivity contribution is 9.10. The highest BCUT2D eigenvalue weighted by atomic mass is 79.9. The van der Waals surface area contributed by atoms with Crippen LogP contribution in [0.15, 0.2) is 40.9 Å². The first-order chi connectivity index (χ1) is 13.6. The Morgan fingerprint density at radius 1 is 1.17 bits per heavy atom. The average Bonchev–Trinajstić information content (AvgIpc) is 2.60. The van der Waals surface area contributed by atoms with Gasteiger partial charge in [0.1, 0.15) is 0 Å². The minimum absolute atomic E-state index is 0.176. The molecule has 0 aliphatic carbocycles. The molecule has 0 amide bonds. The maximum Gasteiger partial charge on any atom is 0.399 e. The van der Waals surface area contributed by atoms with Crippen molar-refractivity contribution >= 4 is 28.0 Å². The Labute approximate surface area is 172 Å². The quantitative estimate of drug-likeness (QED) is 0.362. The van der Waals surface area contributed by atoms with Gasteiger partial charge in [-0.25, -0.2) is 13.6 Å². The lowest BCUT2D eigenvalue weighted by Crippen LogP contribution is -2.19. The SMILES string of the molecule is CCOC(=O)c1ccc(/C=C/C(c2cc(F)c(OC)c(F)c2)C(F)(F)F)cc1Br. The molecule has 2 aromatic rings. The van der Waals surface area contributed by atoms with Gasteiger partial charge < -0.3 is 9.47 Å². The van der Waals surface area contributed by atoms with Crippen molar-refractivity contribution in [2.45, 2.75) is 19.0 Å². The number of ether oxygens (including phenoxy) is 2. The number of allylic oxidation sites excluding steroid dienone is 1. The number of hydrogen-bond donors (Lipinski definition) is 0. The van der Waals surface area contributed by atoms with Gasteiger partial charge in [-0.3, -0.25) is 0 Å². The van der Waals surface area contributed by atoms with E-state index in [1.807, 2.05) is 0 Å². The smallest absolute Gasteiger partial charge is 0.399 e. The molecule has 156 valence electrons. The summed E-state index contributed by atoms with van der Waals surface area (Å²) in [5.41, 5.74) is -0.0453.